The van der Waals surface area contributed by atoms with E-state index in [1.54, 1.807) is 0 Å². The molecular weight excluding hydrogens is 1090 g/mol. The van der Waals surface area contributed by atoms with Crippen LogP contribution in [0, 0.1) is 11.6 Å². The third-order valence-electron chi connectivity index (χ3n) is 13.1. The van der Waals surface area contributed by atoms with Crippen molar-refractivity contribution in [1.29, 1.82) is 0 Å². The molecule has 2 amide bonds. The maximum absolute atomic E-state index is 15.4. The normalized spacial score (nSPS) is 21.0. The Balaban J connectivity index is 0.000000226. The van der Waals surface area contributed by atoms with Crippen molar-refractivity contribution in [3.05, 3.63) is 119 Å². The van der Waals surface area contributed by atoms with E-state index in [2.05, 4.69) is 0 Å². The molecule has 4 aromatic rings. The zero-order chi connectivity index (χ0) is 57.1. The number of hydrogen-bond acceptors (Lipinski definition) is 14. The highest BCUT2D eigenvalue weighted by molar-refractivity contribution is 7.89. The number of amides is 2. The smallest absolute Gasteiger partial charge is 0.416 e. The number of allylic oxidation sites excluding steroid dienone is 2. The predicted octanol–water partition coefficient (Wildman–Crippen LogP) is 5.40. The van der Waals surface area contributed by atoms with Crippen molar-refractivity contribution < 1.29 is 90.1 Å². The fourth-order valence-electron chi connectivity index (χ4n) is 9.50. The summed E-state index contributed by atoms with van der Waals surface area (Å²) in [6.07, 6.45) is -7.84. The summed E-state index contributed by atoms with van der Waals surface area (Å²) in [7, 11) is -5.22. The minimum absolute atomic E-state index is 0.00186. The summed E-state index contributed by atoms with van der Waals surface area (Å²) in [6.45, 7) is -1.06. The lowest BCUT2D eigenvalue weighted by Gasteiger charge is -2.46. The summed E-state index contributed by atoms with van der Waals surface area (Å²) in [5.41, 5.74) is 8.76. The van der Waals surface area contributed by atoms with Gasteiger partial charge in [0.2, 0.25) is 20.0 Å². The molecule has 4 fully saturated rings. The molecule has 18 nitrogen and oxygen atoms in total. The molecule has 0 saturated carbocycles. The van der Waals surface area contributed by atoms with Gasteiger partial charge in [-0.15, -0.1) is 0 Å². The first-order valence-electron chi connectivity index (χ1n) is 23.4. The number of halogens is 8. The number of ether oxygens (including phenoxy) is 4. The molecule has 4 N–H and O–H groups in total. The maximum atomic E-state index is 15.4. The summed E-state index contributed by atoms with van der Waals surface area (Å²) < 4.78 is 185. The van der Waals surface area contributed by atoms with Crippen molar-refractivity contribution in [1.82, 2.24) is 8.61 Å². The van der Waals surface area contributed by atoms with Crippen LogP contribution in [0.15, 0.2) is 96.3 Å². The van der Waals surface area contributed by atoms with E-state index in [1.165, 1.54) is 48.3 Å². The average Bonchev–Trinajstić information content (AvgIpc) is 3.59. The molecule has 4 saturated heterocycles. The van der Waals surface area contributed by atoms with E-state index in [9.17, 15) is 62.4 Å². The number of carbonyl (C=O) groups excluding carboxylic acids is 4. The zero-order valence-corrected chi connectivity index (χ0v) is 42.9. The molecule has 78 heavy (non-hydrogen) atoms. The monoisotopic (exact) mass is 1140 g/mol. The van der Waals surface area contributed by atoms with Crippen LogP contribution in [0.25, 0.3) is 22.3 Å². The van der Waals surface area contributed by atoms with E-state index >= 15 is 8.78 Å². The second-order valence-corrected chi connectivity index (χ2v) is 22.0. The summed E-state index contributed by atoms with van der Waals surface area (Å²) in [5.74, 6) is -3.84. The highest BCUT2D eigenvalue weighted by Gasteiger charge is 2.47. The number of aldehydes is 2. The Morgan fingerprint density at radius 3 is 1.33 bits per heavy atom. The van der Waals surface area contributed by atoms with Crippen LogP contribution in [0.2, 0.25) is 0 Å². The van der Waals surface area contributed by atoms with Gasteiger partial charge in [0, 0.05) is 60.8 Å². The van der Waals surface area contributed by atoms with Crippen molar-refractivity contribution in [2.24, 2.45) is 11.5 Å². The van der Waals surface area contributed by atoms with Gasteiger partial charge in [-0.05, 0) is 72.5 Å². The average molecular weight is 1140 g/mol. The first kappa shape index (κ1) is 58.7. The van der Waals surface area contributed by atoms with Crippen LogP contribution in [-0.4, -0.2) is 139 Å². The molecule has 0 bridgehead atoms. The molecule has 8 rings (SSSR count). The second kappa shape index (κ2) is 23.5. The quantitative estimate of drug-likeness (QED) is 0.0915. The minimum Gasteiger partial charge on any atom is -0.495 e. The number of rotatable bonds is 14. The Labute approximate surface area is 441 Å². The largest absolute Gasteiger partial charge is 0.495 e. The molecule has 4 atom stereocenters. The van der Waals surface area contributed by atoms with Gasteiger partial charge in [-0.3, -0.25) is 19.2 Å². The number of carbonyl (C=O) groups is 4. The summed E-state index contributed by atoms with van der Waals surface area (Å²) in [6, 6.07) is 11.5. The Kier molecular flexibility index (Phi) is 17.7. The van der Waals surface area contributed by atoms with Crippen LogP contribution < -0.4 is 30.7 Å². The van der Waals surface area contributed by atoms with Crippen molar-refractivity contribution in [2.75, 3.05) is 74.9 Å². The van der Waals surface area contributed by atoms with Crippen LogP contribution in [-0.2, 0) is 61.1 Å². The van der Waals surface area contributed by atoms with Gasteiger partial charge in [-0.2, -0.15) is 35.0 Å². The van der Waals surface area contributed by atoms with Gasteiger partial charge in [-0.1, -0.05) is 24.3 Å². The highest BCUT2D eigenvalue weighted by atomic mass is 32.2. The molecule has 420 valence electrons. The predicted molar refractivity (Wildman–Crippen MR) is 265 cm³/mol. The SMILES string of the molecule is COc1cc(-c2cccc(C(F)(F)F)c2)c(F)cc1N1C(=O)CO[C@@H]2CN(S(=O)(=O)CC(N)=CC=O)CC[C@H]21.COc1cc(-c2cccc(C(F)(F)F)c2)c(F)cc1N1C(=O)CO[C@H]2CN(S(=O)(=O)CC(N)=CC=O)CC[C@@H]21. The first-order valence-corrected chi connectivity index (χ1v) is 26.7. The number of nitrogens with two attached hydrogens (primary N) is 2. The first-order chi connectivity index (χ1) is 36.7. The fourth-order valence-corrected chi connectivity index (χ4v) is 12.4. The number of methoxy groups -OCH3 is 2. The van der Waals surface area contributed by atoms with E-state index in [4.69, 9.17) is 30.4 Å². The molecule has 4 aromatic carbocycles. The molecule has 0 aromatic heterocycles. The van der Waals surface area contributed by atoms with Gasteiger partial charge in [0.25, 0.3) is 11.8 Å². The summed E-state index contributed by atoms with van der Waals surface area (Å²) in [5, 5.41) is 0. The lowest BCUT2D eigenvalue weighted by molar-refractivity contribution is -0.138. The fraction of sp³-hybridized carbons (Fsp3) is 0.360. The third-order valence-corrected chi connectivity index (χ3v) is 16.8. The Morgan fingerprint density at radius 1 is 0.628 bits per heavy atom. The van der Waals surface area contributed by atoms with E-state index in [-0.39, 0.29) is 95.5 Å². The lowest BCUT2D eigenvalue weighted by atomic mass is 9.97. The zero-order valence-electron chi connectivity index (χ0n) is 41.3. The van der Waals surface area contributed by atoms with Crippen LogP contribution in [0.1, 0.15) is 24.0 Å². The molecule has 28 heteroatoms. The molecule has 4 aliphatic rings. The van der Waals surface area contributed by atoms with Gasteiger partial charge in [0.1, 0.15) is 60.4 Å². The lowest BCUT2D eigenvalue weighted by Crippen LogP contribution is -2.62. The van der Waals surface area contributed by atoms with E-state index < -0.39 is 116 Å². The highest BCUT2D eigenvalue weighted by Crippen LogP contribution is 2.43. The van der Waals surface area contributed by atoms with Gasteiger partial charge in [-0.25, -0.2) is 25.6 Å². The van der Waals surface area contributed by atoms with Crippen LogP contribution in [0.4, 0.5) is 46.5 Å². The number of piperidine rings is 2. The van der Waals surface area contributed by atoms with Crippen LogP contribution in [0.3, 0.4) is 0 Å². The van der Waals surface area contributed by atoms with E-state index in [1.807, 2.05) is 0 Å². The Hall–Kier alpha value is -6.98. The molecule has 0 unspecified atom stereocenters. The van der Waals surface area contributed by atoms with Crippen molar-refractivity contribution in [3.63, 3.8) is 0 Å². The summed E-state index contributed by atoms with van der Waals surface area (Å²) >= 11 is 0. The van der Waals surface area contributed by atoms with Crippen molar-refractivity contribution in [2.45, 2.75) is 49.5 Å². The van der Waals surface area contributed by atoms with E-state index in [0.29, 0.717) is 12.6 Å². The Morgan fingerprint density at radius 2 is 1.00 bits per heavy atom. The molecule has 4 aliphatic heterocycles. The minimum atomic E-state index is -4.62. The number of nitrogens with zero attached hydrogens (tertiary/aromatic N) is 4. The number of benzene rings is 4. The number of anilines is 2. The molecule has 0 spiro atoms. The van der Waals surface area contributed by atoms with Gasteiger partial charge in [0.05, 0.1) is 61.0 Å². The third kappa shape index (κ3) is 13.0. The molecular formula is C50H50F8N6O12S2. The maximum Gasteiger partial charge on any atom is 0.416 e. The number of morpholine rings is 2. The molecule has 0 radical (unpaired) electrons. The van der Waals surface area contributed by atoms with E-state index in [0.717, 1.165) is 69.3 Å². The van der Waals surface area contributed by atoms with Gasteiger partial charge in [0.15, 0.2) is 0 Å². The number of sulfonamides is 2. The van der Waals surface area contributed by atoms with Crippen molar-refractivity contribution in [3.8, 4) is 33.8 Å². The molecule has 0 aliphatic carbocycles. The summed E-state index contributed by atoms with van der Waals surface area (Å²) in [4.78, 5) is 49.7. The number of hydrogen-bond donors (Lipinski definition) is 2. The standard InChI is InChI=1S/2C25H25F4N3O6S/c2*1-37-22-10-18(15-3-2-4-16(9-15)25(27,28)29)19(26)11-21(22)32-20-5-7-31(12-23(20)38-13-24(32)34)39(35,36)14-17(30)6-8-33/h2*2-4,6,8-11,20,23H,5,7,12-14,30H2,1H3/t2*20-,23-/m10/s1. The van der Waals surface area contributed by atoms with Gasteiger partial charge < -0.3 is 40.2 Å². The number of fused-ring (bicyclic) bond motifs is 2. The second-order valence-electron chi connectivity index (χ2n) is 18.1. The Bertz CT molecular complexity index is 3040. The molecule has 4 heterocycles. The number of alkyl halides is 6. The van der Waals surface area contributed by atoms with Crippen LogP contribution in [0.5, 0.6) is 11.5 Å². The van der Waals surface area contributed by atoms with Crippen LogP contribution >= 0.6 is 0 Å². The topological polar surface area (TPSA) is 238 Å². The van der Waals surface area contributed by atoms with Gasteiger partial charge >= 0.3 is 12.4 Å². The van der Waals surface area contributed by atoms with Crippen molar-refractivity contribution >= 4 is 55.8 Å².